The number of ether oxygens (including phenoxy) is 1. The van der Waals surface area contributed by atoms with Gasteiger partial charge in [-0.2, -0.15) is 6.57 Å². The van der Waals surface area contributed by atoms with Crippen molar-refractivity contribution in [1.29, 1.82) is 0 Å². The van der Waals surface area contributed by atoms with Crippen LogP contribution >= 0.6 is 0 Å². The van der Waals surface area contributed by atoms with Gasteiger partial charge in [0.25, 0.3) is 11.5 Å². The van der Waals surface area contributed by atoms with Gasteiger partial charge in [0.2, 0.25) is 0 Å². The zero-order chi connectivity index (χ0) is 19.3. The topological polar surface area (TPSA) is 60.8 Å². The van der Waals surface area contributed by atoms with E-state index in [0.717, 1.165) is 11.5 Å². The molecule has 0 radical (unpaired) electrons. The van der Waals surface area contributed by atoms with E-state index in [-0.39, 0.29) is 5.88 Å². The number of halogens is 2. The van der Waals surface area contributed by atoms with E-state index in [1.165, 1.54) is 19.2 Å². The summed E-state index contributed by atoms with van der Waals surface area (Å²) in [7, 11) is 0.733. The molecular formula is C17H18F2N4O2S. The van der Waals surface area contributed by atoms with Crippen LogP contribution in [0.25, 0.3) is 16.2 Å². The molecule has 0 aliphatic carbocycles. The predicted molar refractivity (Wildman–Crippen MR) is 96.2 cm³/mol. The summed E-state index contributed by atoms with van der Waals surface area (Å²) in [4.78, 5) is 20.8. The van der Waals surface area contributed by atoms with Gasteiger partial charge >= 0.3 is 0 Å². The second-order valence-electron chi connectivity index (χ2n) is 5.49. The third kappa shape index (κ3) is 4.52. The van der Waals surface area contributed by atoms with Crippen LogP contribution < -0.4 is 10.3 Å². The van der Waals surface area contributed by atoms with Gasteiger partial charge in [-0.3, -0.25) is 14.3 Å². The van der Waals surface area contributed by atoms with Gasteiger partial charge in [-0.15, -0.1) is 4.95 Å². The minimum atomic E-state index is -3.00. The van der Waals surface area contributed by atoms with E-state index in [9.17, 15) is 13.6 Å². The van der Waals surface area contributed by atoms with Gasteiger partial charge in [-0.1, -0.05) is 6.92 Å². The number of aromatic nitrogens is 2. The van der Waals surface area contributed by atoms with Crippen molar-refractivity contribution in [3.05, 3.63) is 52.3 Å². The van der Waals surface area contributed by atoms with Crippen molar-refractivity contribution in [2.75, 3.05) is 12.4 Å². The van der Waals surface area contributed by atoms with E-state index in [1.807, 2.05) is 6.92 Å². The SMILES string of the molecule is [C-]#[N+]/N=S(\CC)c1cccnc1-c1ccc(OCC(C)(F)F)n(C)c1=O. The first-order valence-corrected chi connectivity index (χ1v) is 9.08. The Balaban J connectivity index is 2.52. The Morgan fingerprint density at radius 1 is 1.42 bits per heavy atom. The average Bonchev–Trinajstić information content (AvgIpc) is 2.60. The molecule has 9 heteroatoms. The molecular weight excluding hydrogens is 362 g/mol. The van der Waals surface area contributed by atoms with Gasteiger partial charge in [0.1, 0.15) is 4.47 Å². The maximum absolute atomic E-state index is 13.0. The molecule has 0 fully saturated rings. The third-order valence-electron chi connectivity index (χ3n) is 3.42. The van der Waals surface area contributed by atoms with Gasteiger partial charge in [-0.25, -0.2) is 8.78 Å². The highest BCUT2D eigenvalue weighted by molar-refractivity contribution is 7.87. The van der Waals surface area contributed by atoms with E-state index in [0.29, 0.717) is 21.9 Å². The number of rotatable bonds is 6. The fourth-order valence-electron chi connectivity index (χ4n) is 2.23. The summed E-state index contributed by atoms with van der Waals surface area (Å²) in [5.74, 6) is -2.36. The molecule has 1 atom stereocenters. The van der Waals surface area contributed by atoms with Gasteiger partial charge in [0.15, 0.2) is 12.5 Å². The summed E-state index contributed by atoms with van der Waals surface area (Å²) >= 11 is 0. The van der Waals surface area contributed by atoms with E-state index in [4.69, 9.17) is 11.3 Å². The van der Waals surface area contributed by atoms with Crippen LogP contribution in [0.4, 0.5) is 8.78 Å². The van der Waals surface area contributed by atoms with Gasteiger partial charge < -0.3 is 4.74 Å². The summed E-state index contributed by atoms with van der Waals surface area (Å²) in [6.45, 7) is 8.78. The van der Waals surface area contributed by atoms with Crippen LogP contribution in [0, 0.1) is 6.57 Å². The van der Waals surface area contributed by atoms with Crippen molar-refractivity contribution in [3.63, 3.8) is 0 Å². The van der Waals surface area contributed by atoms with Crippen molar-refractivity contribution < 1.29 is 13.5 Å². The van der Waals surface area contributed by atoms with Crippen LogP contribution in [0.5, 0.6) is 5.88 Å². The first kappa shape index (κ1) is 19.7. The molecule has 138 valence electrons. The molecule has 26 heavy (non-hydrogen) atoms. The molecule has 6 nitrogen and oxygen atoms in total. The number of pyridine rings is 2. The standard InChI is InChI=1S/C17H18F2N4O2S/c1-5-26(22-20-3)13-7-6-10-21-15(13)12-8-9-14(23(4)16(12)24)25-11-17(2,18)19/h6-10H,5,11H2,1-2,4H3. The largest absolute Gasteiger partial charge is 0.472 e. The first-order valence-electron chi connectivity index (χ1n) is 7.73. The maximum Gasteiger partial charge on any atom is 0.278 e. The highest BCUT2D eigenvalue weighted by Gasteiger charge is 2.23. The molecule has 0 spiro atoms. The van der Waals surface area contributed by atoms with Crippen molar-refractivity contribution in [1.82, 2.24) is 9.55 Å². The van der Waals surface area contributed by atoms with Crippen LogP contribution in [0.1, 0.15) is 13.8 Å². The molecule has 2 aromatic rings. The Bertz CT molecular complexity index is 930. The zero-order valence-corrected chi connectivity index (χ0v) is 15.4. The number of alkyl halides is 2. The fraction of sp³-hybridized carbons (Fsp3) is 0.353. The van der Waals surface area contributed by atoms with Crippen LogP contribution in [0.15, 0.2) is 44.6 Å². The molecule has 2 rings (SSSR count). The Kier molecular flexibility index (Phi) is 6.21. The van der Waals surface area contributed by atoms with Gasteiger partial charge in [-0.05, 0) is 24.3 Å². The van der Waals surface area contributed by atoms with Gasteiger partial charge in [0.05, 0.1) is 16.2 Å². The highest BCUT2D eigenvalue weighted by Crippen LogP contribution is 2.24. The Labute approximate surface area is 152 Å². The minimum absolute atomic E-state index is 0.0399. The Morgan fingerprint density at radius 2 is 2.15 bits per heavy atom. The number of hydrogen-bond acceptors (Lipinski definition) is 4. The smallest absolute Gasteiger partial charge is 0.278 e. The van der Waals surface area contributed by atoms with E-state index < -0.39 is 28.8 Å². The molecule has 0 aliphatic rings. The van der Waals surface area contributed by atoms with Crippen molar-refractivity contribution in [2.45, 2.75) is 24.7 Å². The molecule has 0 bridgehead atoms. The van der Waals surface area contributed by atoms with Crippen LogP contribution in [-0.2, 0) is 17.7 Å². The summed E-state index contributed by atoms with van der Waals surface area (Å²) in [6, 6.07) is 6.45. The molecule has 0 N–H and O–H groups in total. The summed E-state index contributed by atoms with van der Waals surface area (Å²) < 4.78 is 36.1. The van der Waals surface area contributed by atoms with E-state index in [1.54, 1.807) is 18.3 Å². The second kappa shape index (κ2) is 8.19. The minimum Gasteiger partial charge on any atom is -0.472 e. The number of hydrogen-bond donors (Lipinski definition) is 0. The van der Waals surface area contributed by atoms with Gasteiger partial charge in [0, 0.05) is 36.6 Å². The Morgan fingerprint density at radius 3 is 2.77 bits per heavy atom. The van der Waals surface area contributed by atoms with Crippen molar-refractivity contribution in [3.8, 4) is 17.1 Å². The van der Waals surface area contributed by atoms with Crippen LogP contribution in [-0.4, -0.2) is 27.8 Å². The lowest BCUT2D eigenvalue weighted by molar-refractivity contribution is -0.0252. The van der Waals surface area contributed by atoms with E-state index >= 15 is 0 Å². The summed E-state index contributed by atoms with van der Waals surface area (Å²) in [5.41, 5.74) is 0.298. The van der Waals surface area contributed by atoms with Crippen molar-refractivity contribution >= 4 is 10.7 Å². The molecule has 0 amide bonds. The normalized spacial score (nSPS) is 12.6. The molecule has 1 unspecified atom stereocenters. The average molecular weight is 380 g/mol. The van der Waals surface area contributed by atoms with Crippen LogP contribution in [0.2, 0.25) is 0 Å². The predicted octanol–water partition coefficient (Wildman–Crippen LogP) is 3.50. The molecule has 2 aromatic heterocycles. The van der Waals surface area contributed by atoms with Crippen LogP contribution in [0.3, 0.4) is 0 Å². The molecule has 2 heterocycles. The molecule has 0 saturated heterocycles. The zero-order valence-electron chi connectivity index (χ0n) is 14.6. The molecule has 0 aromatic carbocycles. The highest BCUT2D eigenvalue weighted by atomic mass is 32.2. The lowest BCUT2D eigenvalue weighted by Gasteiger charge is -2.15. The molecule has 0 aliphatic heterocycles. The second-order valence-corrected chi connectivity index (χ2v) is 7.40. The molecule has 0 saturated carbocycles. The fourth-order valence-corrected chi connectivity index (χ4v) is 3.47. The maximum atomic E-state index is 13.0. The lowest BCUT2D eigenvalue weighted by atomic mass is 10.2. The first-order chi connectivity index (χ1) is 12.3. The lowest BCUT2D eigenvalue weighted by Crippen LogP contribution is -2.26. The van der Waals surface area contributed by atoms with Crippen molar-refractivity contribution in [2.24, 2.45) is 11.5 Å². The summed E-state index contributed by atoms with van der Waals surface area (Å²) in [6.07, 6.45) is 1.55. The quantitative estimate of drug-likeness (QED) is 0.569. The Hall–Kier alpha value is -2.60. The third-order valence-corrected chi connectivity index (χ3v) is 5.09. The summed E-state index contributed by atoms with van der Waals surface area (Å²) in [5, 5.41) is 0. The number of nitrogens with zero attached hydrogens (tertiary/aromatic N) is 4. The monoisotopic (exact) mass is 380 g/mol. The van der Waals surface area contributed by atoms with E-state index in [2.05, 4.69) is 14.4 Å².